The van der Waals surface area contributed by atoms with Crippen molar-refractivity contribution in [3.05, 3.63) is 64.7 Å². The molecule has 0 atom stereocenters. The van der Waals surface area contributed by atoms with E-state index in [1.807, 2.05) is 18.2 Å². The van der Waals surface area contributed by atoms with Crippen LogP contribution in [0.15, 0.2) is 42.5 Å². The van der Waals surface area contributed by atoms with E-state index in [-0.39, 0.29) is 0 Å². The summed E-state index contributed by atoms with van der Waals surface area (Å²) in [6.45, 7) is 5.00. The summed E-state index contributed by atoms with van der Waals surface area (Å²) < 4.78 is 0. The normalized spacial score (nSPS) is 13.9. The highest BCUT2D eigenvalue weighted by Gasteiger charge is 2.25. The van der Waals surface area contributed by atoms with Crippen LogP contribution in [-0.2, 0) is 6.54 Å². The van der Waals surface area contributed by atoms with Crippen LogP contribution in [0, 0.1) is 19.3 Å². The third kappa shape index (κ3) is 1.61. The van der Waals surface area contributed by atoms with E-state index in [1.165, 1.54) is 16.7 Å². The first-order chi connectivity index (χ1) is 8.66. The molecule has 1 aliphatic rings. The minimum Gasteiger partial charge on any atom is -0.322 e. The molecule has 0 spiro atoms. The molecule has 0 unspecified atom stereocenters. The molecule has 2 heteroatoms. The highest BCUT2D eigenvalue weighted by Crippen LogP contribution is 2.30. The Labute approximate surface area is 107 Å². The van der Waals surface area contributed by atoms with Gasteiger partial charge in [-0.2, -0.15) is 0 Å². The Balaban J connectivity index is 2.06. The smallest absolute Gasteiger partial charge is 0.133 e. The fourth-order valence-electron chi connectivity index (χ4n) is 2.50. The Bertz CT molecular complexity index is 629. The number of rotatable bonds is 1. The monoisotopic (exact) mass is 236 g/mol. The molecule has 0 aliphatic carbocycles. The van der Waals surface area contributed by atoms with Gasteiger partial charge in [-0.05, 0) is 36.6 Å². The molecule has 0 fully saturated rings. The van der Waals surface area contributed by atoms with E-state index in [0.717, 1.165) is 17.8 Å². The first kappa shape index (κ1) is 11.0. The summed E-state index contributed by atoms with van der Waals surface area (Å²) in [7, 11) is 0. The van der Waals surface area contributed by atoms with Crippen molar-refractivity contribution in [2.24, 2.45) is 0 Å². The molecule has 1 heterocycles. The third-order valence-corrected chi connectivity index (χ3v) is 3.53. The van der Waals surface area contributed by atoms with Crippen molar-refractivity contribution in [2.75, 3.05) is 4.90 Å². The van der Waals surface area contributed by atoms with E-state index in [4.69, 9.17) is 5.41 Å². The SMILES string of the molecule is Cc1ccc(C)c(N2Cc3ccccc3C2=N)c1. The first-order valence-corrected chi connectivity index (χ1v) is 6.18. The van der Waals surface area contributed by atoms with Gasteiger partial charge in [-0.1, -0.05) is 36.4 Å². The fourth-order valence-corrected chi connectivity index (χ4v) is 2.50. The van der Waals surface area contributed by atoms with Crippen LogP contribution in [-0.4, -0.2) is 5.84 Å². The Hall–Kier alpha value is -2.09. The molecule has 1 N–H and O–H groups in total. The standard InChI is InChI=1S/C16H16N2/c1-11-7-8-12(2)15(9-11)18-10-13-5-3-4-6-14(13)16(18)17/h3-9,17H,10H2,1-2H3. The molecule has 2 aromatic rings. The number of fused-ring (bicyclic) bond motifs is 1. The summed E-state index contributed by atoms with van der Waals surface area (Å²) in [5.74, 6) is 0.610. The molecule has 90 valence electrons. The number of hydrogen-bond acceptors (Lipinski definition) is 1. The second-order valence-electron chi connectivity index (χ2n) is 4.88. The lowest BCUT2D eigenvalue weighted by molar-refractivity contribution is 1.04. The zero-order valence-corrected chi connectivity index (χ0v) is 10.7. The second-order valence-corrected chi connectivity index (χ2v) is 4.88. The minimum atomic E-state index is 0.610. The predicted molar refractivity (Wildman–Crippen MR) is 75.4 cm³/mol. The van der Waals surface area contributed by atoms with Crippen molar-refractivity contribution in [3.63, 3.8) is 0 Å². The Kier molecular flexibility index (Phi) is 2.44. The maximum absolute atomic E-state index is 8.32. The lowest BCUT2D eigenvalue weighted by Crippen LogP contribution is -2.23. The molecule has 2 nitrogen and oxygen atoms in total. The minimum absolute atomic E-state index is 0.610. The second kappa shape index (κ2) is 3.98. The topological polar surface area (TPSA) is 27.1 Å². The van der Waals surface area contributed by atoms with Gasteiger partial charge < -0.3 is 4.90 Å². The highest BCUT2D eigenvalue weighted by atomic mass is 15.2. The zero-order valence-electron chi connectivity index (χ0n) is 10.7. The molecule has 0 saturated heterocycles. The van der Waals surface area contributed by atoms with Gasteiger partial charge >= 0.3 is 0 Å². The molecule has 0 radical (unpaired) electrons. The Morgan fingerprint density at radius 2 is 1.83 bits per heavy atom. The Morgan fingerprint density at radius 3 is 2.61 bits per heavy atom. The van der Waals surface area contributed by atoms with Crippen LogP contribution in [0.25, 0.3) is 0 Å². The van der Waals surface area contributed by atoms with Gasteiger partial charge in [-0.15, -0.1) is 0 Å². The Morgan fingerprint density at radius 1 is 1.06 bits per heavy atom. The number of nitrogens with one attached hydrogen (secondary N) is 1. The van der Waals surface area contributed by atoms with Gasteiger partial charge in [0.25, 0.3) is 0 Å². The van der Waals surface area contributed by atoms with Crippen LogP contribution in [0.1, 0.15) is 22.3 Å². The predicted octanol–water partition coefficient (Wildman–Crippen LogP) is 3.65. The van der Waals surface area contributed by atoms with Crippen LogP contribution >= 0.6 is 0 Å². The summed E-state index contributed by atoms with van der Waals surface area (Å²) in [4.78, 5) is 2.09. The van der Waals surface area contributed by atoms with E-state index < -0.39 is 0 Å². The van der Waals surface area contributed by atoms with Gasteiger partial charge in [0.15, 0.2) is 0 Å². The summed E-state index contributed by atoms with van der Waals surface area (Å²) >= 11 is 0. The largest absolute Gasteiger partial charge is 0.322 e. The molecule has 0 aromatic heterocycles. The van der Waals surface area contributed by atoms with E-state index in [0.29, 0.717) is 5.84 Å². The molecular formula is C16H16N2. The molecule has 1 aliphatic heterocycles. The van der Waals surface area contributed by atoms with E-state index in [2.05, 4.69) is 43.0 Å². The molecule has 18 heavy (non-hydrogen) atoms. The first-order valence-electron chi connectivity index (χ1n) is 6.18. The molecule has 0 saturated carbocycles. The average molecular weight is 236 g/mol. The van der Waals surface area contributed by atoms with E-state index in [9.17, 15) is 0 Å². The van der Waals surface area contributed by atoms with Crippen LogP contribution < -0.4 is 4.90 Å². The number of hydrogen-bond donors (Lipinski definition) is 1. The quantitative estimate of drug-likeness (QED) is 0.804. The van der Waals surface area contributed by atoms with Gasteiger partial charge in [0.05, 0.1) is 6.54 Å². The third-order valence-electron chi connectivity index (χ3n) is 3.53. The highest BCUT2D eigenvalue weighted by molar-refractivity contribution is 6.11. The van der Waals surface area contributed by atoms with Gasteiger partial charge in [0.1, 0.15) is 5.84 Å². The van der Waals surface area contributed by atoms with Gasteiger partial charge in [0, 0.05) is 11.3 Å². The molecule has 0 amide bonds. The summed E-state index contributed by atoms with van der Waals surface area (Å²) in [5.41, 5.74) is 5.90. The van der Waals surface area contributed by atoms with Crippen LogP contribution in [0.5, 0.6) is 0 Å². The number of aryl methyl sites for hydroxylation is 2. The number of benzene rings is 2. The van der Waals surface area contributed by atoms with Crippen molar-refractivity contribution in [1.29, 1.82) is 5.41 Å². The van der Waals surface area contributed by atoms with Crippen molar-refractivity contribution < 1.29 is 0 Å². The summed E-state index contributed by atoms with van der Waals surface area (Å²) in [5, 5.41) is 8.32. The maximum atomic E-state index is 8.32. The lowest BCUT2D eigenvalue weighted by Gasteiger charge is -2.21. The van der Waals surface area contributed by atoms with Crippen molar-refractivity contribution in [1.82, 2.24) is 0 Å². The van der Waals surface area contributed by atoms with Gasteiger partial charge in [-0.3, -0.25) is 5.41 Å². The molecule has 2 aromatic carbocycles. The van der Waals surface area contributed by atoms with Crippen molar-refractivity contribution in [2.45, 2.75) is 20.4 Å². The van der Waals surface area contributed by atoms with E-state index in [1.54, 1.807) is 0 Å². The van der Waals surface area contributed by atoms with Crippen LogP contribution in [0.3, 0.4) is 0 Å². The number of anilines is 1. The number of amidine groups is 1. The molecule has 0 bridgehead atoms. The zero-order chi connectivity index (χ0) is 12.7. The number of nitrogens with zero attached hydrogens (tertiary/aromatic N) is 1. The van der Waals surface area contributed by atoms with Crippen molar-refractivity contribution >= 4 is 11.5 Å². The van der Waals surface area contributed by atoms with Crippen molar-refractivity contribution in [3.8, 4) is 0 Å². The molecular weight excluding hydrogens is 220 g/mol. The van der Waals surface area contributed by atoms with Crippen LogP contribution in [0.2, 0.25) is 0 Å². The fraction of sp³-hybridized carbons (Fsp3) is 0.188. The van der Waals surface area contributed by atoms with E-state index >= 15 is 0 Å². The van der Waals surface area contributed by atoms with Gasteiger partial charge in [-0.25, -0.2) is 0 Å². The average Bonchev–Trinajstić information content (AvgIpc) is 2.71. The molecule has 3 rings (SSSR count). The lowest BCUT2D eigenvalue weighted by atomic mass is 10.1. The summed E-state index contributed by atoms with van der Waals surface area (Å²) in [6, 6.07) is 14.6. The van der Waals surface area contributed by atoms with Crippen LogP contribution in [0.4, 0.5) is 5.69 Å². The van der Waals surface area contributed by atoms with Gasteiger partial charge in [0.2, 0.25) is 0 Å². The maximum Gasteiger partial charge on any atom is 0.133 e. The summed E-state index contributed by atoms with van der Waals surface area (Å²) in [6.07, 6.45) is 0.